The van der Waals surface area contributed by atoms with Gasteiger partial charge in [-0.2, -0.15) is 0 Å². The van der Waals surface area contributed by atoms with Crippen LogP contribution in [0.1, 0.15) is 17.3 Å². The zero-order valence-corrected chi connectivity index (χ0v) is 9.60. The molecule has 1 atom stereocenters. The number of nitro groups is 1. The van der Waals surface area contributed by atoms with Crippen molar-refractivity contribution in [2.75, 3.05) is 5.32 Å². The summed E-state index contributed by atoms with van der Waals surface area (Å²) in [4.78, 5) is 31.7. The van der Waals surface area contributed by atoms with E-state index in [9.17, 15) is 19.7 Å². The molecule has 0 aliphatic heterocycles. The fourth-order valence-electron chi connectivity index (χ4n) is 1.15. The summed E-state index contributed by atoms with van der Waals surface area (Å²) in [5.74, 6) is -1.03. The van der Waals surface area contributed by atoms with Gasteiger partial charge in [-0.05, 0) is 35.9 Å². The molecule has 1 aromatic rings. The molecule has 1 N–H and O–H groups in total. The molecule has 17 heavy (non-hydrogen) atoms. The number of rotatable bonds is 4. The van der Waals surface area contributed by atoms with E-state index < -0.39 is 16.2 Å². The average Bonchev–Trinajstić information content (AvgIpc) is 2.27. The van der Waals surface area contributed by atoms with Gasteiger partial charge in [-0.1, -0.05) is 0 Å². The van der Waals surface area contributed by atoms with Crippen LogP contribution >= 0.6 is 11.6 Å². The van der Waals surface area contributed by atoms with Gasteiger partial charge in [-0.3, -0.25) is 19.7 Å². The van der Waals surface area contributed by atoms with Crippen molar-refractivity contribution in [2.24, 2.45) is 0 Å². The van der Waals surface area contributed by atoms with Crippen LogP contribution in [0.2, 0.25) is 0 Å². The molecule has 6 nitrogen and oxygen atoms in total. The molecular weight excluding hydrogens is 248 g/mol. The highest BCUT2D eigenvalue weighted by Gasteiger charge is 2.27. The number of ketones is 1. The topological polar surface area (TPSA) is 89.3 Å². The Balaban J connectivity index is 2.84. The molecule has 1 rings (SSSR count). The first kappa shape index (κ1) is 13.1. The van der Waals surface area contributed by atoms with E-state index in [4.69, 9.17) is 11.6 Å². The highest BCUT2D eigenvalue weighted by Crippen LogP contribution is 2.13. The minimum atomic E-state index is -1.79. The molecule has 0 radical (unpaired) electrons. The molecule has 7 heteroatoms. The molecule has 0 saturated heterocycles. The second-order valence-corrected chi connectivity index (χ2v) is 3.66. The SMILES string of the molecule is CC(=O)Nc1ccc(C(=O)C(Cl)[N+](=O)[O-])cc1. The lowest BCUT2D eigenvalue weighted by atomic mass is 10.1. The number of hydrogen-bond donors (Lipinski definition) is 1. The number of amides is 1. The first-order valence-electron chi connectivity index (χ1n) is 4.61. The normalized spacial score (nSPS) is 11.6. The summed E-state index contributed by atoms with van der Waals surface area (Å²) < 4.78 is 0. The highest BCUT2D eigenvalue weighted by atomic mass is 35.5. The molecular formula is C10H9ClN2O4. The smallest absolute Gasteiger partial charge is 0.326 e. The fraction of sp³-hybridized carbons (Fsp3) is 0.200. The van der Waals surface area contributed by atoms with Crippen molar-refractivity contribution in [3.8, 4) is 0 Å². The largest absolute Gasteiger partial charge is 0.348 e. The molecule has 0 fully saturated rings. The number of nitrogens with one attached hydrogen (secondary N) is 1. The third kappa shape index (κ3) is 3.53. The van der Waals surface area contributed by atoms with E-state index in [1.54, 1.807) is 0 Å². The molecule has 0 aliphatic carbocycles. The Morgan fingerprint density at radius 3 is 2.29 bits per heavy atom. The van der Waals surface area contributed by atoms with E-state index in [0.29, 0.717) is 5.69 Å². The van der Waals surface area contributed by atoms with Crippen molar-refractivity contribution in [2.45, 2.75) is 12.4 Å². The van der Waals surface area contributed by atoms with E-state index >= 15 is 0 Å². The summed E-state index contributed by atoms with van der Waals surface area (Å²) in [5.41, 5.74) is -1.17. The Kier molecular flexibility index (Phi) is 4.17. The molecule has 0 saturated carbocycles. The average molecular weight is 257 g/mol. The molecule has 0 aromatic heterocycles. The van der Waals surface area contributed by atoms with Crippen LogP contribution in [0.25, 0.3) is 0 Å². The van der Waals surface area contributed by atoms with Gasteiger partial charge >= 0.3 is 5.50 Å². The molecule has 90 valence electrons. The maximum absolute atomic E-state index is 11.5. The van der Waals surface area contributed by atoms with Crippen LogP contribution < -0.4 is 5.32 Å². The number of carbonyl (C=O) groups is 2. The number of nitrogens with zero attached hydrogens (tertiary/aromatic N) is 1. The minimum absolute atomic E-state index is 0.121. The lowest BCUT2D eigenvalue weighted by Gasteiger charge is -2.04. The predicted octanol–water partition coefficient (Wildman–Crippen LogP) is 1.67. The van der Waals surface area contributed by atoms with Crippen molar-refractivity contribution in [1.29, 1.82) is 0 Å². The summed E-state index contributed by atoms with van der Waals surface area (Å²) in [6.07, 6.45) is 0. The van der Waals surface area contributed by atoms with Gasteiger partial charge in [0, 0.05) is 23.1 Å². The van der Waals surface area contributed by atoms with E-state index in [1.807, 2.05) is 0 Å². The van der Waals surface area contributed by atoms with Gasteiger partial charge in [0.25, 0.3) is 5.78 Å². The van der Waals surface area contributed by atoms with Gasteiger partial charge in [0.05, 0.1) is 0 Å². The van der Waals surface area contributed by atoms with Crippen molar-refractivity contribution in [1.82, 2.24) is 0 Å². The van der Waals surface area contributed by atoms with Gasteiger partial charge in [0.2, 0.25) is 5.91 Å². The number of hydrogen-bond acceptors (Lipinski definition) is 4. The first-order valence-corrected chi connectivity index (χ1v) is 5.05. The van der Waals surface area contributed by atoms with Crippen LogP contribution in [0.4, 0.5) is 5.69 Å². The third-order valence-corrected chi connectivity index (χ3v) is 2.25. The van der Waals surface area contributed by atoms with Crippen molar-refractivity contribution in [3.05, 3.63) is 39.9 Å². The predicted molar refractivity (Wildman–Crippen MR) is 61.7 cm³/mol. The van der Waals surface area contributed by atoms with Crippen LogP contribution in [-0.2, 0) is 4.79 Å². The summed E-state index contributed by atoms with van der Waals surface area (Å²) in [6, 6.07) is 5.68. The molecule has 0 spiro atoms. The van der Waals surface area contributed by atoms with E-state index in [2.05, 4.69) is 5.32 Å². The van der Waals surface area contributed by atoms with Crippen LogP contribution in [0.3, 0.4) is 0 Å². The molecule has 0 heterocycles. The minimum Gasteiger partial charge on any atom is -0.326 e. The van der Waals surface area contributed by atoms with E-state index in [1.165, 1.54) is 31.2 Å². The first-order chi connectivity index (χ1) is 7.91. The van der Waals surface area contributed by atoms with E-state index in [0.717, 1.165) is 0 Å². The van der Waals surface area contributed by atoms with Gasteiger partial charge in [0.15, 0.2) is 0 Å². The van der Waals surface area contributed by atoms with Crippen LogP contribution in [0.5, 0.6) is 0 Å². The zero-order chi connectivity index (χ0) is 13.0. The van der Waals surface area contributed by atoms with Crippen LogP contribution in [-0.4, -0.2) is 22.1 Å². The van der Waals surface area contributed by atoms with Gasteiger partial charge in [0.1, 0.15) is 0 Å². The molecule has 1 aromatic carbocycles. The monoisotopic (exact) mass is 256 g/mol. The lowest BCUT2D eigenvalue weighted by molar-refractivity contribution is -0.482. The van der Waals surface area contributed by atoms with Crippen LogP contribution in [0.15, 0.2) is 24.3 Å². The van der Waals surface area contributed by atoms with E-state index in [-0.39, 0.29) is 11.5 Å². The molecule has 1 unspecified atom stereocenters. The van der Waals surface area contributed by atoms with Crippen molar-refractivity contribution in [3.63, 3.8) is 0 Å². The number of anilines is 1. The molecule has 0 aliphatic rings. The Bertz CT molecular complexity index is 458. The highest BCUT2D eigenvalue weighted by molar-refractivity contribution is 6.32. The van der Waals surface area contributed by atoms with Gasteiger partial charge in [-0.15, -0.1) is 0 Å². The maximum atomic E-state index is 11.5. The molecule has 0 bridgehead atoms. The van der Waals surface area contributed by atoms with Gasteiger partial charge in [-0.25, -0.2) is 0 Å². The Labute approximate surface area is 102 Å². The zero-order valence-electron chi connectivity index (χ0n) is 8.84. The van der Waals surface area contributed by atoms with Crippen LogP contribution in [0, 0.1) is 10.1 Å². The Morgan fingerprint density at radius 1 is 1.35 bits per heavy atom. The Morgan fingerprint density at radius 2 is 1.88 bits per heavy atom. The standard InChI is InChI=1S/C10H9ClN2O4/c1-6(14)12-8-4-2-7(3-5-8)9(15)10(11)13(16)17/h2-5,10H,1H3,(H,12,14). The maximum Gasteiger partial charge on any atom is 0.348 e. The quantitative estimate of drug-likeness (QED) is 0.292. The number of halogens is 1. The lowest BCUT2D eigenvalue weighted by Crippen LogP contribution is -2.23. The second-order valence-electron chi connectivity index (χ2n) is 3.24. The fourth-order valence-corrected chi connectivity index (χ4v) is 1.28. The van der Waals surface area contributed by atoms with Crippen molar-refractivity contribution >= 4 is 29.0 Å². The summed E-state index contributed by atoms with van der Waals surface area (Å²) in [7, 11) is 0. The molecule has 1 amide bonds. The van der Waals surface area contributed by atoms with Gasteiger partial charge < -0.3 is 5.32 Å². The number of benzene rings is 1. The summed E-state index contributed by atoms with van der Waals surface area (Å²) in [5, 5.41) is 12.8. The summed E-state index contributed by atoms with van der Waals surface area (Å²) in [6.45, 7) is 1.35. The number of Topliss-reactive ketones (excluding diaryl/α,β-unsaturated/α-hetero) is 1. The Hall–Kier alpha value is -1.95. The number of alkyl halides is 1. The van der Waals surface area contributed by atoms with Crippen molar-refractivity contribution < 1.29 is 14.5 Å². The number of carbonyl (C=O) groups excluding carboxylic acids is 2. The summed E-state index contributed by atoms with van der Waals surface area (Å²) >= 11 is 5.31. The third-order valence-electron chi connectivity index (χ3n) is 1.89. The second kappa shape index (κ2) is 5.40.